The summed E-state index contributed by atoms with van der Waals surface area (Å²) in [5.41, 5.74) is 11.7. The highest BCUT2D eigenvalue weighted by Crippen LogP contribution is 2.37. The van der Waals surface area contributed by atoms with Crippen LogP contribution >= 0.6 is 23.5 Å². The number of carboxylic acids is 2. The quantitative estimate of drug-likeness (QED) is 0.118. The Hall–Kier alpha value is -4.39. The first kappa shape index (κ1) is 33.8. The van der Waals surface area contributed by atoms with Gasteiger partial charge in [-0.1, -0.05) is 0 Å². The monoisotopic (exact) mass is 626 g/mol. The number of ketones is 1. The number of Topliss-reactive ketones (excluding diaryl/α,β-unsaturated/α-hetero) is 1. The van der Waals surface area contributed by atoms with Crippen LogP contribution in [-0.2, 0) is 24.0 Å². The van der Waals surface area contributed by atoms with Crippen molar-refractivity contribution in [3.05, 3.63) is 23.8 Å². The molecule has 0 saturated carbocycles. The largest absolute Gasteiger partial charge is 0.491 e. The van der Waals surface area contributed by atoms with E-state index in [9.17, 15) is 44.4 Å². The molecular formula is C23H30N8O9S2. The highest BCUT2D eigenvalue weighted by molar-refractivity contribution is 7.99. The minimum atomic E-state index is -1.30. The molecule has 0 aliphatic rings. The van der Waals surface area contributed by atoms with Crippen LogP contribution in [0.25, 0.3) is 0 Å². The zero-order valence-electron chi connectivity index (χ0n) is 22.4. The van der Waals surface area contributed by atoms with E-state index in [1.807, 2.05) is 0 Å². The van der Waals surface area contributed by atoms with Crippen molar-refractivity contribution >= 4 is 64.7 Å². The normalized spacial score (nSPS) is 13.8. The molecule has 2 heterocycles. The van der Waals surface area contributed by atoms with Gasteiger partial charge in [-0.2, -0.15) is 0 Å². The second kappa shape index (κ2) is 15.6. The van der Waals surface area contributed by atoms with Crippen LogP contribution in [0.15, 0.2) is 12.4 Å². The number of nitrogen functional groups attached to an aromatic ring is 2. The topological polar surface area (TPSA) is 294 Å². The van der Waals surface area contributed by atoms with Crippen molar-refractivity contribution in [3.63, 3.8) is 0 Å². The number of amides is 2. The second-order valence-corrected chi connectivity index (χ2v) is 11.3. The molecule has 0 fully saturated rings. The van der Waals surface area contributed by atoms with Crippen molar-refractivity contribution in [2.75, 3.05) is 23.0 Å². The average molecular weight is 627 g/mol. The number of carbonyl (C=O) groups is 5. The number of anilines is 2. The van der Waals surface area contributed by atoms with Crippen LogP contribution in [0.5, 0.6) is 11.8 Å². The summed E-state index contributed by atoms with van der Waals surface area (Å²) in [6.45, 7) is 2.32. The fourth-order valence-electron chi connectivity index (χ4n) is 3.39. The minimum absolute atomic E-state index is 0.157. The summed E-state index contributed by atoms with van der Waals surface area (Å²) < 4.78 is 0. The van der Waals surface area contributed by atoms with Gasteiger partial charge in [0.1, 0.15) is 17.9 Å². The maximum absolute atomic E-state index is 13.4. The summed E-state index contributed by atoms with van der Waals surface area (Å²) in [5.74, 6) is -6.19. The maximum Gasteiger partial charge on any atom is 0.327 e. The van der Waals surface area contributed by atoms with Crippen molar-refractivity contribution in [2.45, 2.75) is 49.3 Å². The smallest absolute Gasteiger partial charge is 0.327 e. The van der Waals surface area contributed by atoms with E-state index < -0.39 is 63.9 Å². The predicted molar refractivity (Wildman–Crippen MR) is 151 cm³/mol. The van der Waals surface area contributed by atoms with Crippen molar-refractivity contribution in [1.29, 1.82) is 0 Å². The zero-order valence-corrected chi connectivity index (χ0v) is 24.0. The van der Waals surface area contributed by atoms with Gasteiger partial charge in [-0.3, -0.25) is 14.4 Å². The van der Waals surface area contributed by atoms with Crippen LogP contribution in [0, 0.1) is 0 Å². The standard InChI is InChI=1S/C23H30N8O9S2/c1-9(32)28-14(22(37)38)7-41-16(12-5-26-20(35)18(24)30-12)3-11(34)4-17(13-6-27-21(36)19(25)31-13)42-8-15(23(39)40)29-10(2)33/h5-6,14-17H,3-4,7-8H2,1-2H3,(H2,24,30)(H2,25,31)(H,26,35)(H,27,36)(H,28,32)(H,29,33)(H,37,38)(H,39,40)/t14-,15-,16?,17?/m0/s1. The van der Waals surface area contributed by atoms with Gasteiger partial charge in [0.05, 0.1) is 34.3 Å². The summed E-state index contributed by atoms with van der Waals surface area (Å²) in [6.07, 6.45) is 1.85. The summed E-state index contributed by atoms with van der Waals surface area (Å²) in [4.78, 5) is 75.1. The summed E-state index contributed by atoms with van der Waals surface area (Å²) >= 11 is 1.97. The maximum atomic E-state index is 13.4. The number of aromatic hydroxyl groups is 2. The Morgan fingerprint density at radius 2 is 1.12 bits per heavy atom. The lowest BCUT2D eigenvalue weighted by Gasteiger charge is -2.21. The molecule has 0 aliphatic heterocycles. The summed E-state index contributed by atoms with van der Waals surface area (Å²) in [5, 5.41) is 41.2. The van der Waals surface area contributed by atoms with E-state index in [0.29, 0.717) is 0 Å². The SMILES string of the molecule is CC(=O)N[C@@H](CSC(CC(=O)CC(SC[C@H](NC(C)=O)C(=O)O)c1cnc(O)c(N)n1)c1cnc(O)c(N)n1)C(=O)O. The first-order chi connectivity index (χ1) is 19.7. The van der Waals surface area contributed by atoms with Crippen LogP contribution < -0.4 is 22.1 Å². The molecule has 2 aromatic heterocycles. The molecule has 0 bridgehead atoms. The first-order valence-corrected chi connectivity index (χ1v) is 14.1. The molecule has 228 valence electrons. The molecule has 2 unspecified atom stereocenters. The number of carboxylic acid groups (broad SMARTS) is 2. The van der Waals surface area contributed by atoms with Crippen LogP contribution in [-0.4, -0.2) is 93.5 Å². The number of hydrogen-bond acceptors (Lipinski definition) is 15. The molecule has 10 N–H and O–H groups in total. The molecule has 4 atom stereocenters. The van der Waals surface area contributed by atoms with E-state index in [1.165, 1.54) is 12.4 Å². The van der Waals surface area contributed by atoms with Crippen LogP contribution in [0.2, 0.25) is 0 Å². The highest BCUT2D eigenvalue weighted by atomic mass is 32.2. The van der Waals surface area contributed by atoms with Crippen molar-refractivity contribution < 1.29 is 44.4 Å². The molecule has 0 radical (unpaired) electrons. The van der Waals surface area contributed by atoms with Gasteiger partial charge < -0.3 is 42.5 Å². The Labute approximate surface area is 247 Å². The third kappa shape index (κ3) is 10.5. The van der Waals surface area contributed by atoms with E-state index in [4.69, 9.17) is 11.5 Å². The van der Waals surface area contributed by atoms with E-state index in [0.717, 1.165) is 37.4 Å². The lowest BCUT2D eigenvalue weighted by Crippen LogP contribution is -2.41. The molecule has 0 aromatic carbocycles. The lowest BCUT2D eigenvalue weighted by atomic mass is 10.1. The van der Waals surface area contributed by atoms with Gasteiger partial charge in [-0.25, -0.2) is 29.5 Å². The number of nitrogens with zero attached hydrogens (tertiary/aromatic N) is 4. The third-order valence-corrected chi connectivity index (χ3v) is 8.03. The molecule has 2 amide bonds. The lowest BCUT2D eigenvalue weighted by molar-refractivity contribution is -0.141. The number of hydrogen-bond donors (Lipinski definition) is 8. The van der Waals surface area contributed by atoms with Crippen molar-refractivity contribution in [1.82, 2.24) is 30.6 Å². The fourth-order valence-corrected chi connectivity index (χ4v) is 5.87. The Balaban J connectivity index is 2.32. The molecule has 0 saturated heterocycles. The zero-order chi connectivity index (χ0) is 31.6. The number of nitrogens with two attached hydrogens (primary N) is 2. The fraction of sp³-hybridized carbons (Fsp3) is 0.435. The third-order valence-electron chi connectivity index (χ3n) is 5.36. The molecule has 2 aromatic rings. The van der Waals surface area contributed by atoms with Gasteiger partial charge in [0.25, 0.3) is 11.8 Å². The van der Waals surface area contributed by atoms with Crippen molar-refractivity contribution in [2.24, 2.45) is 0 Å². The molecule has 0 aliphatic carbocycles. The van der Waals surface area contributed by atoms with Crippen LogP contribution in [0.4, 0.5) is 11.6 Å². The second-order valence-electron chi connectivity index (χ2n) is 8.78. The number of nitrogens with one attached hydrogen (secondary N) is 2. The predicted octanol–water partition coefficient (Wildman–Crippen LogP) is -0.381. The van der Waals surface area contributed by atoms with E-state index in [1.54, 1.807) is 0 Å². The molecule has 0 spiro atoms. The van der Waals surface area contributed by atoms with Crippen molar-refractivity contribution in [3.8, 4) is 11.8 Å². The number of aromatic nitrogens is 4. The summed E-state index contributed by atoms with van der Waals surface area (Å²) in [7, 11) is 0. The van der Waals surface area contributed by atoms with E-state index in [2.05, 4.69) is 30.6 Å². The number of rotatable bonds is 16. The Morgan fingerprint density at radius 1 is 0.762 bits per heavy atom. The Bertz CT molecular complexity index is 1240. The molecule has 42 heavy (non-hydrogen) atoms. The minimum Gasteiger partial charge on any atom is -0.491 e. The van der Waals surface area contributed by atoms with Crippen LogP contribution in [0.3, 0.4) is 0 Å². The summed E-state index contributed by atoms with van der Waals surface area (Å²) in [6, 6.07) is -2.57. The molecular weight excluding hydrogens is 596 g/mol. The van der Waals surface area contributed by atoms with Gasteiger partial charge >= 0.3 is 11.9 Å². The number of carbonyl (C=O) groups excluding carboxylic acids is 3. The van der Waals surface area contributed by atoms with Gasteiger partial charge in [0, 0.05) is 38.2 Å². The Morgan fingerprint density at radius 3 is 1.40 bits per heavy atom. The molecule has 2 rings (SSSR count). The van der Waals surface area contributed by atoms with Gasteiger partial charge in [0.2, 0.25) is 11.8 Å². The van der Waals surface area contributed by atoms with E-state index >= 15 is 0 Å². The molecule has 19 heteroatoms. The average Bonchev–Trinajstić information content (AvgIpc) is 2.89. The van der Waals surface area contributed by atoms with E-state index in [-0.39, 0.29) is 47.4 Å². The van der Waals surface area contributed by atoms with Gasteiger partial charge in [-0.05, 0) is 0 Å². The Kier molecular flexibility index (Phi) is 12.5. The first-order valence-electron chi connectivity index (χ1n) is 12.0. The number of aliphatic carboxylic acids is 2. The molecule has 17 nitrogen and oxygen atoms in total. The highest BCUT2D eigenvalue weighted by Gasteiger charge is 2.29. The van der Waals surface area contributed by atoms with Gasteiger partial charge in [-0.15, -0.1) is 23.5 Å². The number of thioether (sulfide) groups is 2. The van der Waals surface area contributed by atoms with Crippen LogP contribution in [0.1, 0.15) is 48.6 Å². The van der Waals surface area contributed by atoms with Gasteiger partial charge in [0.15, 0.2) is 11.6 Å².